The molecular formula is C10H16BClN2O2. The number of halogens is 1. The van der Waals surface area contributed by atoms with E-state index in [1.165, 1.54) is 0 Å². The third-order valence-electron chi connectivity index (χ3n) is 2.39. The lowest BCUT2D eigenvalue weighted by atomic mass is 9.80. The summed E-state index contributed by atoms with van der Waals surface area (Å²) in [6, 6.07) is 3.42. The first kappa shape index (κ1) is 13.2. The molecule has 0 fully saturated rings. The Morgan fingerprint density at radius 1 is 1.50 bits per heavy atom. The van der Waals surface area contributed by atoms with E-state index >= 15 is 0 Å². The topological polar surface area (TPSA) is 81.5 Å². The van der Waals surface area contributed by atoms with Gasteiger partial charge < -0.3 is 21.3 Å². The van der Waals surface area contributed by atoms with E-state index in [2.05, 4.69) is 0 Å². The fourth-order valence-electron chi connectivity index (χ4n) is 1.49. The van der Waals surface area contributed by atoms with Crippen molar-refractivity contribution in [1.82, 2.24) is 0 Å². The van der Waals surface area contributed by atoms with Crippen molar-refractivity contribution in [3.05, 3.63) is 22.7 Å². The lowest BCUT2D eigenvalue weighted by molar-refractivity contribution is 0.202. The number of hydrogen-bond acceptors (Lipinski definition) is 4. The molecule has 0 aliphatic rings. The molecule has 1 rings (SSSR count). The monoisotopic (exact) mass is 242 g/mol. The third kappa shape index (κ3) is 2.81. The second kappa shape index (κ2) is 5.99. The number of ether oxygens (including phenoxy) is 1. The van der Waals surface area contributed by atoms with Crippen LogP contribution in [0.5, 0.6) is 5.75 Å². The van der Waals surface area contributed by atoms with Gasteiger partial charge in [0.2, 0.25) is 0 Å². The van der Waals surface area contributed by atoms with Crippen LogP contribution in [-0.2, 0) is 0 Å². The maximum atomic E-state index is 8.69. The summed E-state index contributed by atoms with van der Waals surface area (Å²) in [5.74, 6) is 0.610. The van der Waals surface area contributed by atoms with E-state index in [-0.39, 0.29) is 19.0 Å². The molecule has 4 nitrogen and oxygen atoms in total. The molecule has 0 aliphatic heterocycles. The number of rotatable bonds is 5. The lowest BCUT2D eigenvalue weighted by Gasteiger charge is -2.17. The molecule has 0 aromatic heterocycles. The molecule has 88 valence electrons. The minimum atomic E-state index is -0.0517. The second-order valence-corrected chi connectivity index (χ2v) is 3.99. The Balaban J connectivity index is 3.06. The highest BCUT2D eigenvalue weighted by molar-refractivity contribution is 6.32. The van der Waals surface area contributed by atoms with Crippen LogP contribution in [0.4, 0.5) is 5.69 Å². The first-order valence-corrected chi connectivity index (χ1v) is 5.51. The highest BCUT2D eigenvalue weighted by Gasteiger charge is 2.15. The minimum absolute atomic E-state index is 0.0517. The summed E-state index contributed by atoms with van der Waals surface area (Å²) >= 11 is 6.07. The SMILES string of the molecule is BC(CN)c1c(Cl)ccc(OCCO)c1N. The number of benzene rings is 1. The zero-order chi connectivity index (χ0) is 12.1. The van der Waals surface area contributed by atoms with E-state index in [4.69, 9.17) is 32.9 Å². The zero-order valence-electron chi connectivity index (χ0n) is 9.24. The van der Waals surface area contributed by atoms with E-state index in [1.807, 2.05) is 7.85 Å². The van der Waals surface area contributed by atoms with Crippen LogP contribution in [0.25, 0.3) is 0 Å². The van der Waals surface area contributed by atoms with Gasteiger partial charge in [-0.3, -0.25) is 0 Å². The van der Waals surface area contributed by atoms with Gasteiger partial charge in [-0.1, -0.05) is 11.6 Å². The van der Waals surface area contributed by atoms with Crippen molar-refractivity contribution in [3.8, 4) is 5.75 Å². The van der Waals surface area contributed by atoms with Gasteiger partial charge in [0.25, 0.3) is 0 Å². The highest BCUT2D eigenvalue weighted by atomic mass is 35.5. The molecule has 1 atom stereocenters. The number of nitrogen functional groups attached to an aromatic ring is 1. The Morgan fingerprint density at radius 3 is 2.75 bits per heavy atom. The van der Waals surface area contributed by atoms with Crippen LogP contribution in [0.15, 0.2) is 12.1 Å². The Bertz CT molecular complexity index is 363. The standard InChI is InChI=1S/C10H16BClN2O2/c11-6(5-13)9-7(12)1-2-8(10(9)14)16-4-3-15/h1-2,6,15H,3-5,11,13-14H2. The summed E-state index contributed by atoms with van der Waals surface area (Å²) in [6.07, 6.45) is 0. The van der Waals surface area contributed by atoms with Crippen molar-refractivity contribution >= 4 is 25.1 Å². The average Bonchev–Trinajstić information content (AvgIpc) is 2.28. The molecule has 1 aromatic carbocycles. The van der Waals surface area contributed by atoms with E-state index < -0.39 is 0 Å². The number of anilines is 1. The maximum Gasteiger partial charge on any atom is 0.142 e. The van der Waals surface area contributed by atoms with Gasteiger partial charge in [0.15, 0.2) is 0 Å². The molecule has 0 saturated heterocycles. The molecule has 0 saturated carbocycles. The minimum Gasteiger partial charge on any atom is -0.489 e. The van der Waals surface area contributed by atoms with Gasteiger partial charge in [0.1, 0.15) is 20.2 Å². The van der Waals surface area contributed by atoms with Crippen molar-refractivity contribution in [2.75, 3.05) is 25.5 Å². The first-order valence-electron chi connectivity index (χ1n) is 5.13. The molecule has 0 radical (unpaired) electrons. The quantitative estimate of drug-likeness (QED) is 0.499. The summed E-state index contributed by atoms with van der Waals surface area (Å²) in [5.41, 5.74) is 12.9. The van der Waals surface area contributed by atoms with Crippen molar-refractivity contribution < 1.29 is 9.84 Å². The van der Waals surface area contributed by atoms with Gasteiger partial charge in [-0.25, -0.2) is 0 Å². The Labute approximate surface area is 101 Å². The lowest BCUT2D eigenvalue weighted by Crippen LogP contribution is -2.15. The number of hydrogen-bond donors (Lipinski definition) is 3. The van der Waals surface area contributed by atoms with Crippen molar-refractivity contribution in [2.24, 2.45) is 5.73 Å². The molecule has 0 heterocycles. The first-order chi connectivity index (χ1) is 7.61. The summed E-state index contributed by atoms with van der Waals surface area (Å²) < 4.78 is 5.30. The number of aliphatic hydroxyl groups excluding tert-OH is 1. The maximum absolute atomic E-state index is 8.69. The van der Waals surface area contributed by atoms with Crippen LogP contribution in [0.1, 0.15) is 11.4 Å². The molecule has 5 N–H and O–H groups in total. The Morgan fingerprint density at radius 2 is 2.19 bits per heavy atom. The van der Waals surface area contributed by atoms with Crippen molar-refractivity contribution in [3.63, 3.8) is 0 Å². The van der Waals surface area contributed by atoms with E-state index in [0.717, 1.165) is 5.56 Å². The van der Waals surface area contributed by atoms with Gasteiger partial charge in [-0.2, -0.15) is 0 Å². The fourth-order valence-corrected chi connectivity index (χ4v) is 1.84. The van der Waals surface area contributed by atoms with Crippen LogP contribution in [0.2, 0.25) is 5.02 Å². The van der Waals surface area contributed by atoms with Gasteiger partial charge in [0, 0.05) is 5.02 Å². The predicted molar refractivity (Wildman–Crippen MR) is 68.8 cm³/mol. The predicted octanol–water partition coefficient (Wildman–Crippen LogP) is -0.0738. The zero-order valence-corrected chi connectivity index (χ0v) is 10.00. The van der Waals surface area contributed by atoms with Gasteiger partial charge >= 0.3 is 0 Å². The molecular weight excluding hydrogens is 226 g/mol. The van der Waals surface area contributed by atoms with Crippen LogP contribution in [0.3, 0.4) is 0 Å². The Hall–Kier alpha value is -0.905. The second-order valence-electron chi connectivity index (χ2n) is 3.58. The average molecular weight is 243 g/mol. The molecule has 6 heteroatoms. The molecule has 0 spiro atoms. The van der Waals surface area contributed by atoms with E-state index in [0.29, 0.717) is 23.0 Å². The molecule has 16 heavy (non-hydrogen) atoms. The number of nitrogens with two attached hydrogens (primary N) is 2. The molecule has 0 aliphatic carbocycles. The Kier molecular flexibility index (Phi) is 4.92. The molecule has 1 aromatic rings. The highest BCUT2D eigenvalue weighted by Crippen LogP contribution is 2.35. The summed E-state index contributed by atoms with van der Waals surface area (Å²) in [7, 11) is 1.95. The van der Waals surface area contributed by atoms with Crippen LogP contribution in [0, 0.1) is 0 Å². The van der Waals surface area contributed by atoms with E-state index in [9.17, 15) is 0 Å². The summed E-state index contributed by atoms with van der Waals surface area (Å²) in [4.78, 5) is 0. The van der Waals surface area contributed by atoms with E-state index in [1.54, 1.807) is 12.1 Å². The normalized spacial score (nSPS) is 12.4. The summed E-state index contributed by atoms with van der Waals surface area (Å²) in [6.45, 7) is 0.624. The molecule has 0 bridgehead atoms. The van der Waals surface area contributed by atoms with Gasteiger partial charge in [-0.15, -0.1) is 0 Å². The van der Waals surface area contributed by atoms with Crippen molar-refractivity contribution in [2.45, 2.75) is 5.82 Å². The summed E-state index contributed by atoms with van der Waals surface area (Å²) in [5, 5.41) is 9.28. The smallest absolute Gasteiger partial charge is 0.142 e. The van der Waals surface area contributed by atoms with Gasteiger partial charge in [-0.05, 0) is 30.1 Å². The van der Waals surface area contributed by atoms with Crippen LogP contribution >= 0.6 is 11.6 Å². The van der Waals surface area contributed by atoms with Gasteiger partial charge in [0.05, 0.1) is 12.3 Å². The van der Waals surface area contributed by atoms with Crippen LogP contribution < -0.4 is 16.2 Å². The number of aliphatic hydroxyl groups is 1. The third-order valence-corrected chi connectivity index (χ3v) is 2.72. The van der Waals surface area contributed by atoms with Crippen LogP contribution in [-0.4, -0.2) is 32.7 Å². The fraction of sp³-hybridized carbons (Fsp3) is 0.400. The van der Waals surface area contributed by atoms with Crippen molar-refractivity contribution in [1.29, 1.82) is 0 Å². The molecule has 0 amide bonds. The molecule has 1 unspecified atom stereocenters. The largest absolute Gasteiger partial charge is 0.489 e.